The maximum atomic E-state index is 12.1. The molecule has 0 rings (SSSR count). The van der Waals surface area contributed by atoms with Crippen molar-refractivity contribution in [2.75, 3.05) is 25.4 Å². The maximum Gasteiger partial charge on any atom is 0.401 e. The molecule has 0 saturated carbocycles. The van der Waals surface area contributed by atoms with E-state index in [0.29, 0.717) is 18.8 Å². The van der Waals surface area contributed by atoms with Crippen LogP contribution in [0.5, 0.6) is 0 Å². The normalized spacial score (nSPS) is 13.7. The first-order valence-corrected chi connectivity index (χ1v) is 5.23. The lowest BCUT2D eigenvalue weighted by molar-refractivity contribution is -0.147. The Balaban J connectivity index is 4.17. The van der Waals surface area contributed by atoms with E-state index in [1.54, 1.807) is 6.92 Å². The number of rotatable bonds is 5. The summed E-state index contributed by atoms with van der Waals surface area (Å²) >= 11 is 4.12. The fourth-order valence-corrected chi connectivity index (χ4v) is 1.29. The largest absolute Gasteiger partial charge is 0.401 e. The van der Waals surface area contributed by atoms with Crippen LogP contribution in [0.25, 0.3) is 0 Å². The topological polar surface area (TPSA) is 3.24 Å². The summed E-state index contributed by atoms with van der Waals surface area (Å²) in [5, 5.41) is 0. The molecular weight excluding hydrogens is 211 g/mol. The van der Waals surface area contributed by atoms with Crippen molar-refractivity contribution in [1.82, 2.24) is 4.90 Å². The third-order valence-corrected chi connectivity index (χ3v) is 2.79. The van der Waals surface area contributed by atoms with Gasteiger partial charge in [-0.05, 0) is 17.7 Å². The lowest BCUT2D eigenvalue weighted by atomic mass is 9.95. The summed E-state index contributed by atoms with van der Waals surface area (Å²) < 4.78 is 36.3. The van der Waals surface area contributed by atoms with Crippen molar-refractivity contribution in [2.45, 2.75) is 26.9 Å². The van der Waals surface area contributed by atoms with Crippen LogP contribution in [0.4, 0.5) is 13.2 Å². The minimum atomic E-state index is -4.11. The fourth-order valence-electron chi connectivity index (χ4n) is 1.19. The van der Waals surface area contributed by atoms with E-state index in [-0.39, 0.29) is 5.41 Å². The Morgan fingerprint density at radius 1 is 1.14 bits per heavy atom. The Labute approximate surface area is 89.1 Å². The maximum absolute atomic E-state index is 12.1. The molecule has 0 aromatic carbocycles. The summed E-state index contributed by atoms with van der Waals surface area (Å²) in [6.07, 6.45) is -4.11. The standard InChI is InChI=1S/C9H18F3NS/c1-4-13(6-9(10,11)12)5-8(2,3)7-14/h14H,4-7H2,1-3H3. The molecule has 0 unspecified atom stereocenters. The van der Waals surface area contributed by atoms with Crippen molar-refractivity contribution in [3.63, 3.8) is 0 Å². The Bertz CT molecular complexity index is 168. The molecule has 0 N–H and O–H groups in total. The van der Waals surface area contributed by atoms with Crippen molar-refractivity contribution >= 4 is 12.6 Å². The van der Waals surface area contributed by atoms with Crippen LogP contribution in [-0.2, 0) is 0 Å². The van der Waals surface area contributed by atoms with Gasteiger partial charge in [-0.25, -0.2) is 0 Å². The molecule has 14 heavy (non-hydrogen) atoms. The minimum Gasteiger partial charge on any atom is -0.295 e. The number of nitrogens with zero attached hydrogens (tertiary/aromatic N) is 1. The van der Waals surface area contributed by atoms with Gasteiger partial charge in [0, 0.05) is 6.54 Å². The molecule has 0 spiro atoms. The molecule has 0 aromatic heterocycles. The number of hydrogen-bond donors (Lipinski definition) is 1. The third kappa shape index (κ3) is 6.54. The second-order valence-electron chi connectivity index (χ2n) is 4.24. The Hall–Kier alpha value is 0.100. The lowest BCUT2D eigenvalue weighted by Gasteiger charge is -2.31. The summed E-state index contributed by atoms with van der Waals surface area (Å²) in [4.78, 5) is 1.40. The van der Waals surface area contributed by atoms with Gasteiger partial charge in [0.25, 0.3) is 0 Å². The van der Waals surface area contributed by atoms with Gasteiger partial charge in [-0.2, -0.15) is 25.8 Å². The van der Waals surface area contributed by atoms with Crippen LogP contribution < -0.4 is 0 Å². The van der Waals surface area contributed by atoms with E-state index in [4.69, 9.17) is 0 Å². The summed E-state index contributed by atoms with van der Waals surface area (Å²) in [7, 11) is 0. The van der Waals surface area contributed by atoms with E-state index in [9.17, 15) is 13.2 Å². The SMILES string of the molecule is CCN(CC(F)(F)F)CC(C)(C)CS. The van der Waals surface area contributed by atoms with E-state index in [0.717, 1.165) is 0 Å². The quantitative estimate of drug-likeness (QED) is 0.709. The molecule has 0 aromatic rings. The highest BCUT2D eigenvalue weighted by molar-refractivity contribution is 7.80. The highest BCUT2D eigenvalue weighted by Crippen LogP contribution is 2.22. The third-order valence-electron chi connectivity index (χ3n) is 1.93. The molecule has 0 aliphatic carbocycles. The van der Waals surface area contributed by atoms with E-state index in [1.165, 1.54) is 4.90 Å². The van der Waals surface area contributed by atoms with Crippen LogP contribution in [0.1, 0.15) is 20.8 Å². The molecule has 0 saturated heterocycles. The fraction of sp³-hybridized carbons (Fsp3) is 1.00. The van der Waals surface area contributed by atoms with Crippen molar-refractivity contribution < 1.29 is 13.2 Å². The zero-order valence-corrected chi connectivity index (χ0v) is 9.75. The van der Waals surface area contributed by atoms with Gasteiger partial charge in [-0.3, -0.25) is 4.90 Å². The van der Waals surface area contributed by atoms with Crippen molar-refractivity contribution in [1.29, 1.82) is 0 Å². The highest BCUT2D eigenvalue weighted by Gasteiger charge is 2.32. The Morgan fingerprint density at radius 2 is 1.64 bits per heavy atom. The van der Waals surface area contributed by atoms with Crippen LogP contribution in [0.2, 0.25) is 0 Å². The monoisotopic (exact) mass is 229 g/mol. The number of hydrogen-bond acceptors (Lipinski definition) is 2. The predicted molar refractivity (Wildman–Crippen MR) is 55.8 cm³/mol. The van der Waals surface area contributed by atoms with Crippen LogP contribution in [0, 0.1) is 5.41 Å². The van der Waals surface area contributed by atoms with E-state index < -0.39 is 12.7 Å². The molecule has 1 nitrogen and oxygen atoms in total. The van der Waals surface area contributed by atoms with Gasteiger partial charge in [0.05, 0.1) is 6.54 Å². The zero-order valence-electron chi connectivity index (χ0n) is 8.86. The van der Waals surface area contributed by atoms with Gasteiger partial charge >= 0.3 is 6.18 Å². The summed E-state index contributed by atoms with van der Waals surface area (Å²) in [6.45, 7) is 5.57. The van der Waals surface area contributed by atoms with Gasteiger partial charge in [0.2, 0.25) is 0 Å². The Morgan fingerprint density at radius 3 is 1.93 bits per heavy atom. The van der Waals surface area contributed by atoms with Gasteiger partial charge < -0.3 is 0 Å². The zero-order chi connectivity index (χ0) is 11.4. The summed E-state index contributed by atoms with van der Waals surface area (Å²) in [5.74, 6) is 0.585. The first-order chi connectivity index (χ1) is 6.20. The molecular formula is C9H18F3NS. The van der Waals surface area contributed by atoms with Gasteiger partial charge in [0.1, 0.15) is 0 Å². The molecule has 0 aliphatic rings. The van der Waals surface area contributed by atoms with E-state index >= 15 is 0 Å². The summed E-state index contributed by atoms with van der Waals surface area (Å²) in [6, 6.07) is 0. The van der Waals surface area contributed by atoms with Gasteiger partial charge in [-0.1, -0.05) is 20.8 Å². The van der Waals surface area contributed by atoms with Crippen LogP contribution in [-0.4, -0.2) is 36.5 Å². The average molecular weight is 229 g/mol. The second-order valence-corrected chi connectivity index (χ2v) is 4.56. The number of halogens is 3. The molecule has 0 heterocycles. The molecule has 0 atom stereocenters. The molecule has 86 valence electrons. The summed E-state index contributed by atoms with van der Waals surface area (Å²) in [5.41, 5.74) is -0.176. The first-order valence-electron chi connectivity index (χ1n) is 4.60. The van der Waals surface area contributed by atoms with Crippen molar-refractivity contribution in [3.8, 4) is 0 Å². The van der Waals surface area contributed by atoms with E-state index in [1.807, 2.05) is 13.8 Å². The number of thiol groups is 1. The molecule has 0 aliphatic heterocycles. The Kier molecular flexibility index (Phi) is 5.30. The van der Waals surface area contributed by atoms with Crippen LogP contribution in [0.15, 0.2) is 0 Å². The molecule has 0 amide bonds. The van der Waals surface area contributed by atoms with Crippen molar-refractivity contribution in [2.24, 2.45) is 5.41 Å². The minimum absolute atomic E-state index is 0.176. The van der Waals surface area contributed by atoms with E-state index in [2.05, 4.69) is 12.6 Å². The van der Waals surface area contributed by atoms with Crippen LogP contribution >= 0.6 is 12.6 Å². The van der Waals surface area contributed by atoms with Crippen molar-refractivity contribution in [3.05, 3.63) is 0 Å². The van der Waals surface area contributed by atoms with Gasteiger partial charge in [-0.15, -0.1) is 0 Å². The second kappa shape index (κ2) is 5.26. The molecule has 0 bridgehead atoms. The highest BCUT2D eigenvalue weighted by atomic mass is 32.1. The lowest BCUT2D eigenvalue weighted by Crippen LogP contribution is -2.40. The van der Waals surface area contributed by atoms with Crippen LogP contribution in [0.3, 0.4) is 0 Å². The van der Waals surface area contributed by atoms with Gasteiger partial charge in [0.15, 0.2) is 0 Å². The smallest absolute Gasteiger partial charge is 0.295 e. The molecule has 0 radical (unpaired) electrons. The average Bonchev–Trinajstić information content (AvgIpc) is 2.00. The predicted octanol–water partition coefficient (Wildman–Crippen LogP) is 2.83. The number of alkyl halides is 3. The first kappa shape index (κ1) is 14.1. The molecule has 5 heteroatoms. The molecule has 0 fully saturated rings.